The Hall–Kier alpha value is -2.69. The standard InChI is InChI=1S/C16H13FN2O2/c1-11-7-19-8-12(9-20)6-15(16(19)18-11)21-10-13-4-2-3-5-14(13)17/h2-9H,10H2,1H3. The number of halogens is 1. The van der Waals surface area contributed by atoms with Crippen LogP contribution in [0.15, 0.2) is 42.7 Å². The van der Waals surface area contributed by atoms with Gasteiger partial charge in [0.05, 0.1) is 5.69 Å². The van der Waals surface area contributed by atoms with Crippen LogP contribution in [0, 0.1) is 12.7 Å². The molecule has 2 heterocycles. The molecule has 106 valence electrons. The number of aryl methyl sites for hydroxylation is 1. The third-order valence-corrected chi connectivity index (χ3v) is 3.14. The largest absolute Gasteiger partial charge is 0.485 e. The van der Waals surface area contributed by atoms with Gasteiger partial charge < -0.3 is 9.14 Å². The van der Waals surface area contributed by atoms with Crippen LogP contribution in [0.4, 0.5) is 4.39 Å². The predicted octanol–water partition coefficient (Wildman–Crippen LogP) is 3.17. The van der Waals surface area contributed by atoms with E-state index in [1.165, 1.54) is 6.07 Å². The molecule has 0 amide bonds. The Morgan fingerprint density at radius 2 is 2.14 bits per heavy atom. The average Bonchev–Trinajstić information content (AvgIpc) is 2.86. The Morgan fingerprint density at radius 1 is 1.33 bits per heavy atom. The molecule has 0 saturated heterocycles. The summed E-state index contributed by atoms with van der Waals surface area (Å²) in [4.78, 5) is 15.3. The minimum atomic E-state index is -0.320. The van der Waals surface area contributed by atoms with Crippen molar-refractivity contribution in [3.63, 3.8) is 0 Å². The first kappa shape index (κ1) is 13.3. The molecule has 0 aliphatic carbocycles. The van der Waals surface area contributed by atoms with Gasteiger partial charge >= 0.3 is 0 Å². The van der Waals surface area contributed by atoms with Crippen molar-refractivity contribution in [2.24, 2.45) is 0 Å². The summed E-state index contributed by atoms with van der Waals surface area (Å²) in [6.45, 7) is 1.94. The molecular weight excluding hydrogens is 271 g/mol. The van der Waals surface area contributed by atoms with Crippen LogP contribution in [0.5, 0.6) is 5.75 Å². The molecule has 21 heavy (non-hydrogen) atoms. The number of fused-ring (bicyclic) bond motifs is 1. The van der Waals surface area contributed by atoms with Crippen LogP contribution in [0.2, 0.25) is 0 Å². The molecule has 0 radical (unpaired) electrons. The maximum Gasteiger partial charge on any atom is 0.179 e. The zero-order valence-electron chi connectivity index (χ0n) is 11.4. The number of carbonyl (C=O) groups excluding carboxylic acids is 1. The lowest BCUT2D eigenvalue weighted by atomic mass is 10.2. The molecule has 3 aromatic rings. The summed E-state index contributed by atoms with van der Waals surface area (Å²) in [5.41, 5.74) is 2.35. The fourth-order valence-electron chi connectivity index (χ4n) is 2.15. The van der Waals surface area contributed by atoms with Crippen LogP contribution in [0.3, 0.4) is 0 Å². The van der Waals surface area contributed by atoms with Crippen LogP contribution in [-0.4, -0.2) is 15.7 Å². The topological polar surface area (TPSA) is 43.6 Å². The van der Waals surface area contributed by atoms with Gasteiger partial charge in [0.25, 0.3) is 0 Å². The second-order valence-electron chi connectivity index (χ2n) is 4.75. The number of nitrogens with zero attached hydrogens (tertiary/aromatic N) is 2. The Labute approximate surface area is 120 Å². The molecule has 0 unspecified atom stereocenters. The van der Waals surface area contributed by atoms with Gasteiger partial charge in [0.15, 0.2) is 17.7 Å². The molecule has 2 aromatic heterocycles. The Balaban J connectivity index is 1.96. The van der Waals surface area contributed by atoms with Crippen molar-refractivity contribution in [3.05, 3.63) is 65.4 Å². The molecule has 0 aliphatic heterocycles. The lowest BCUT2D eigenvalue weighted by Gasteiger charge is -2.09. The summed E-state index contributed by atoms with van der Waals surface area (Å²) >= 11 is 0. The van der Waals surface area contributed by atoms with Crippen molar-refractivity contribution in [1.82, 2.24) is 9.38 Å². The Morgan fingerprint density at radius 3 is 2.90 bits per heavy atom. The van der Waals surface area contributed by atoms with E-state index in [1.807, 2.05) is 6.92 Å². The van der Waals surface area contributed by atoms with Crippen LogP contribution >= 0.6 is 0 Å². The number of pyridine rings is 1. The Bertz CT molecular complexity index is 811. The predicted molar refractivity (Wildman–Crippen MR) is 76.0 cm³/mol. The van der Waals surface area contributed by atoms with Crippen molar-refractivity contribution < 1.29 is 13.9 Å². The fraction of sp³-hybridized carbons (Fsp3) is 0.125. The van der Waals surface area contributed by atoms with Crippen molar-refractivity contribution >= 4 is 11.9 Å². The summed E-state index contributed by atoms with van der Waals surface area (Å²) in [6, 6.07) is 8.03. The number of ether oxygens (including phenoxy) is 1. The van der Waals surface area contributed by atoms with Crippen molar-refractivity contribution in [1.29, 1.82) is 0 Å². The molecule has 0 N–H and O–H groups in total. The summed E-state index contributed by atoms with van der Waals surface area (Å²) in [5, 5.41) is 0. The highest BCUT2D eigenvalue weighted by molar-refractivity contribution is 5.77. The SMILES string of the molecule is Cc1cn2cc(C=O)cc(OCc3ccccc3F)c2n1. The van der Waals surface area contributed by atoms with Crippen LogP contribution in [-0.2, 0) is 6.61 Å². The quantitative estimate of drug-likeness (QED) is 0.691. The maximum absolute atomic E-state index is 13.6. The van der Waals surface area contributed by atoms with E-state index >= 15 is 0 Å². The summed E-state index contributed by atoms with van der Waals surface area (Å²) in [5.74, 6) is 0.135. The van der Waals surface area contributed by atoms with E-state index in [0.29, 0.717) is 22.5 Å². The summed E-state index contributed by atoms with van der Waals surface area (Å²) in [7, 11) is 0. The molecule has 4 nitrogen and oxygen atoms in total. The van der Waals surface area contributed by atoms with Crippen LogP contribution in [0.25, 0.3) is 5.65 Å². The van der Waals surface area contributed by atoms with E-state index in [9.17, 15) is 9.18 Å². The second kappa shape index (κ2) is 5.36. The normalized spacial score (nSPS) is 10.8. The smallest absolute Gasteiger partial charge is 0.179 e. The zero-order chi connectivity index (χ0) is 14.8. The number of rotatable bonds is 4. The minimum Gasteiger partial charge on any atom is -0.485 e. The van der Waals surface area contributed by atoms with Gasteiger partial charge in [-0.3, -0.25) is 4.79 Å². The van der Waals surface area contributed by atoms with Gasteiger partial charge in [-0.05, 0) is 19.1 Å². The first-order chi connectivity index (χ1) is 10.2. The Kier molecular flexibility index (Phi) is 3.39. The van der Waals surface area contributed by atoms with Gasteiger partial charge in [0.1, 0.15) is 12.4 Å². The molecule has 0 saturated carbocycles. The number of imidazole rings is 1. The number of aromatic nitrogens is 2. The van der Waals surface area contributed by atoms with Crippen molar-refractivity contribution in [3.8, 4) is 5.75 Å². The average molecular weight is 284 g/mol. The van der Waals surface area contributed by atoms with Crippen LogP contribution < -0.4 is 4.74 Å². The first-order valence-corrected chi connectivity index (χ1v) is 6.48. The minimum absolute atomic E-state index is 0.0799. The fourth-order valence-corrected chi connectivity index (χ4v) is 2.15. The van der Waals surface area contributed by atoms with E-state index in [4.69, 9.17) is 4.74 Å². The van der Waals surface area contributed by atoms with E-state index in [0.717, 1.165) is 12.0 Å². The van der Waals surface area contributed by atoms with E-state index in [-0.39, 0.29) is 12.4 Å². The monoisotopic (exact) mass is 284 g/mol. The summed E-state index contributed by atoms with van der Waals surface area (Å²) < 4.78 is 21.0. The highest BCUT2D eigenvalue weighted by atomic mass is 19.1. The molecule has 5 heteroatoms. The zero-order valence-corrected chi connectivity index (χ0v) is 11.4. The number of aldehydes is 1. The summed E-state index contributed by atoms with van der Waals surface area (Å²) in [6.07, 6.45) is 4.22. The van der Waals surface area contributed by atoms with Gasteiger partial charge in [0.2, 0.25) is 0 Å². The maximum atomic E-state index is 13.6. The molecule has 0 aliphatic rings. The third kappa shape index (κ3) is 2.63. The van der Waals surface area contributed by atoms with Gasteiger partial charge in [-0.15, -0.1) is 0 Å². The molecule has 1 aromatic carbocycles. The van der Waals surface area contributed by atoms with Gasteiger partial charge in [-0.25, -0.2) is 9.37 Å². The molecule has 0 spiro atoms. The number of carbonyl (C=O) groups is 1. The highest BCUT2D eigenvalue weighted by Gasteiger charge is 2.10. The third-order valence-electron chi connectivity index (χ3n) is 3.14. The van der Waals surface area contributed by atoms with E-state index in [2.05, 4.69) is 4.98 Å². The highest BCUT2D eigenvalue weighted by Crippen LogP contribution is 2.22. The molecular formula is C16H13FN2O2. The molecule has 3 rings (SSSR count). The molecule has 0 bridgehead atoms. The van der Waals surface area contributed by atoms with Crippen molar-refractivity contribution in [2.45, 2.75) is 13.5 Å². The molecule has 0 fully saturated rings. The van der Waals surface area contributed by atoms with Crippen molar-refractivity contribution in [2.75, 3.05) is 0 Å². The van der Waals surface area contributed by atoms with Gasteiger partial charge in [-0.1, -0.05) is 18.2 Å². The lowest BCUT2D eigenvalue weighted by Crippen LogP contribution is -2.01. The lowest BCUT2D eigenvalue weighted by molar-refractivity contribution is 0.112. The van der Waals surface area contributed by atoms with E-state index < -0.39 is 0 Å². The first-order valence-electron chi connectivity index (χ1n) is 6.48. The van der Waals surface area contributed by atoms with E-state index in [1.54, 1.807) is 41.1 Å². The van der Waals surface area contributed by atoms with Gasteiger partial charge in [0, 0.05) is 23.5 Å². The number of hydrogen-bond donors (Lipinski definition) is 0. The van der Waals surface area contributed by atoms with Gasteiger partial charge in [-0.2, -0.15) is 0 Å². The van der Waals surface area contributed by atoms with Crippen LogP contribution in [0.1, 0.15) is 21.6 Å². The number of hydrogen-bond acceptors (Lipinski definition) is 3. The second-order valence-corrected chi connectivity index (χ2v) is 4.75. The molecule has 0 atom stereocenters. The number of benzene rings is 1.